The summed E-state index contributed by atoms with van der Waals surface area (Å²) in [5, 5.41) is 2.80. The van der Waals surface area contributed by atoms with Crippen molar-refractivity contribution in [3.63, 3.8) is 0 Å². The quantitative estimate of drug-likeness (QED) is 0.431. The number of amides is 1. The van der Waals surface area contributed by atoms with Gasteiger partial charge in [0.2, 0.25) is 6.41 Å². The van der Waals surface area contributed by atoms with Crippen molar-refractivity contribution in [1.82, 2.24) is 5.32 Å². The molecular weight excluding hydrogens is 121 g/mol. The van der Waals surface area contributed by atoms with E-state index >= 15 is 0 Å². The topological polar surface area (TPSA) is 29.1 Å². The standard InChI is InChI=1S/C7H13NO.Li.H/c9-6-8-7-4-2-1-3-5-7;;/h6-7H,1-5H2,(H,8,9);;. The molecule has 3 heteroatoms. The van der Waals surface area contributed by atoms with E-state index in [0.29, 0.717) is 6.04 Å². The maximum atomic E-state index is 9.96. The summed E-state index contributed by atoms with van der Waals surface area (Å²) in [7, 11) is 0. The molecule has 1 rings (SSSR count). The molecular formula is C7H14LiNO. The molecule has 2 nitrogen and oxygen atoms in total. The first-order valence-corrected chi connectivity index (χ1v) is 3.63. The van der Waals surface area contributed by atoms with Crippen LogP contribution in [0.3, 0.4) is 0 Å². The van der Waals surface area contributed by atoms with Gasteiger partial charge in [-0.15, -0.1) is 0 Å². The van der Waals surface area contributed by atoms with E-state index in [0.717, 1.165) is 6.41 Å². The second-order valence-corrected chi connectivity index (χ2v) is 2.62. The Morgan fingerprint density at radius 3 is 2.30 bits per heavy atom. The molecule has 0 bridgehead atoms. The first-order chi connectivity index (χ1) is 4.43. The molecule has 0 aromatic carbocycles. The van der Waals surface area contributed by atoms with Gasteiger partial charge in [-0.25, -0.2) is 0 Å². The van der Waals surface area contributed by atoms with Crippen LogP contribution in [0, 0.1) is 0 Å². The molecule has 0 aromatic heterocycles. The molecule has 1 amide bonds. The molecule has 10 heavy (non-hydrogen) atoms. The Kier molecular flexibility index (Phi) is 5.86. The van der Waals surface area contributed by atoms with Gasteiger partial charge in [0.25, 0.3) is 0 Å². The van der Waals surface area contributed by atoms with E-state index < -0.39 is 0 Å². The van der Waals surface area contributed by atoms with E-state index in [1.807, 2.05) is 0 Å². The molecule has 54 valence electrons. The zero-order valence-electron chi connectivity index (χ0n) is 5.60. The second-order valence-electron chi connectivity index (χ2n) is 2.62. The van der Waals surface area contributed by atoms with Crippen molar-refractivity contribution in [3.05, 3.63) is 0 Å². The number of rotatable bonds is 2. The maximum absolute atomic E-state index is 9.96. The summed E-state index contributed by atoms with van der Waals surface area (Å²) in [5.41, 5.74) is 0. The normalized spacial score (nSPS) is 19.2. The zero-order valence-corrected chi connectivity index (χ0v) is 5.60. The van der Waals surface area contributed by atoms with E-state index in [1.54, 1.807) is 0 Å². The Labute approximate surface area is 73.9 Å². The Morgan fingerprint density at radius 1 is 1.20 bits per heavy atom. The first-order valence-electron chi connectivity index (χ1n) is 3.63. The van der Waals surface area contributed by atoms with E-state index in [2.05, 4.69) is 5.32 Å². The van der Waals surface area contributed by atoms with Crippen LogP contribution < -0.4 is 5.32 Å². The van der Waals surface area contributed by atoms with E-state index in [-0.39, 0.29) is 18.9 Å². The van der Waals surface area contributed by atoms with Gasteiger partial charge >= 0.3 is 18.9 Å². The summed E-state index contributed by atoms with van der Waals surface area (Å²) < 4.78 is 0. The van der Waals surface area contributed by atoms with Crippen LogP contribution in [0.2, 0.25) is 0 Å². The van der Waals surface area contributed by atoms with E-state index in [1.165, 1.54) is 32.1 Å². The predicted molar refractivity (Wildman–Crippen MR) is 43.2 cm³/mol. The summed E-state index contributed by atoms with van der Waals surface area (Å²) in [4.78, 5) is 9.96. The molecule has 0 aromatic rings. The Balaban J connectivity index is 0.000000810. The van der Waals surface area contributed by atoms with Crippen LogP contribution in [0.15, 0.2) is 0 Å². The first kappa shape index (κ1) is 10.1. The fourth-order valence-corrected chi connectivity index (χ4v) is 1.37. The third-order valence-corrected chi connectivity index (χ3v) is 1.91. The minimum atomic E-state index is 0. The van der Waals surface area contributed by atoms with Crippen molar-refractivity contribution in [3.8, 4) is 0 Å². The average molecular weight is 135 g/mol. The van der Waals surface area contributed by atoms with Crippen molar-refractivity contribution >= 4 is 25.3 Å². The molecule has 0 aliphatic heterocycles. The van der Waals surface area contributed by atoms with Crippen molar-refractivity contribution in [2.24, 2.45) is 0 Å². The minimum absolute atomic E-state index is 0. The Hall–Kier alpha value is 0.0674. The van der Waals surface area contributed by atoms with Gasteiger partial charge in [-0.3, -0.25) is 4.79 Å². The molecule has 1 N–H and O–H groups in total. The van der Waals surface area contributed by atoms with E-state index in [4.69, 9.17) is 0 Å². The molecule has 0 spiro atoms. The monoisotopic (exact) mass is 135 g/mol. The number of nitrogens with one attached hydrogen (secondary N) is 1. The van der Waals surface area contributed by atoms with Gasteiger partial charge in [0.15, 0.2) is 0 Å². The van der Waals surface area contributed by atoms with Gasteiger partial charge in [0.1, 0.15) is 0 Å². The van der Waals surface area contributed by atoms with Gasteiger partial charge in [-0.1, -0.05) is 19.3 Å². The summed E-state index contributed by atoms with van der Waals surface area (Å²) in [6.07, 6.45) is 7.08. The fraction of sp³-hybridized carbons (Fsp3) is 0.857. The molecule has 1 aliphatic rings. The Bertz CT molecular complexity index is 91.6. The summed E-state index contributed by atoms with van der Waals surface area (Å²) in [5.74, 6) is 0. The van der Waals surface area contributed by atoms with Gasteiger partial charge < -0.3 is 5.32 Å². The second kappa shape index (κ2) is 5.82. The molecule has 1 aliphatic carbocycles. The summed E-state index contributed by atoms with van der Waals surface area (Å²) in [6.45, 7) is 0. The summed E-state index contributed by atoms with van der Waals surface area (Å²) in [6, 6.07) is 0.483. The van der Waals surface area contributed by atoms with Gasteiger partial charge in [0, 0.05) is 6.04 Å². The molecule has 0 radical (unpaired) electrons. The van der Waals surface area contributed by atoms with Gasteiger partial charge in [-0.2, -0.15) is 0 Å². The average Bonchev–Trinajstić information content (AvgIpc) is 1.91. The van der Waals surface area contributed by atoms with Crippen LogP contribution in [0.1, 0.15) is 32.1 Å². The zero-order chi connectivity index (χ0) is 6.53. The Morgan fingerprint density at radius 2 is 1.80 bits per heavy atom. The van der Waals surface area contributed by atoms with Crippen LogP contribution in [-0.4, -0.2) is 31.3 Å². The molecule has 0 saturated heterocycles. The molecule has 1 fully saturated rings. The van der Waals surface area contributed by atoms with Crippen LogP contribution >= 0.6 is 0 Å². The van der Waals surface area contributed by atoms with Crippen LogP contribution in [-0.2, 0) is 4.79 Å². The third-order valence-electron chi connectivity index (χ3n) is 1.91. The fourth-order valence-electron chi connectivity index (χ4n) is 1.37. The van der Waals surface area contributed by atoms with Crippen molar-refractivity contribution in [2.75, 3.05) is 0 Å². The van der Waals surface area contributed by atoms with Crippen molar-refractivity contribution in [1.29, 1.82) is 0 Å². The SMILES string of the molecule is O=CNC1CCCCC1.[LiH]. The molecule has 0 unspecified atom stereocenters. The van der Waals surface area contributed by atoms with E-state index in [9.17, 15) is 4.79 Å². The van der Waals surface area contributed by atoms with Crippen molar-refractivity contribution < 1.29 is 4.79 Å². The number of hydrogen-bond donors (Lipinski definition) is 1. The van der Waals surface area contributed by atoms with Crippen LogP contribution in [0.25, 0.3) is 0 Å². The third kappa shape index (κ3) is 3.29. The number of hydrogen-bond acceptors (Lipinski definition) is 1. The van der Waals surface area contributed by atoms with Gasteiger partial charge in [0.05, 0.1) is 0 Å². The molecule has 0 atom stereocenters. The van der Waals surface area contributed by atoms with Crippen molar-refractivity contribution in [2.45, 2.75) is 38.1 Å². The van der Waals surface area contributed by atoms with Crippen LogP contribution in [0.5, 0.6) is 0 Å². The predicted octanol–water partition coefficient (Wildman–Crippen LogP) is 0.417. The van der Waals surface area contributed by atoms with Crippen LogP contribution in [0.4, 0.5) is 0 Å². The number of carbonyl (C=O) groups is 1. The number of carbonyl (C=O) groups excluding carboxylic acids is 1. The van der Waals surface area contributed by atoms with Gasteiger partial charge in [-0.05, 0) is 12.8 Å². The molecule has 1 saturated carbocycles. The molecule has 0 heterocycles. The summed E-state index contributed by atoms with van der Waals surface area (Å²) >= 11 is 0.